The number of rotatable bonds is 4. The lowest BCUT2D eigenvalue weighted by Crippen LogP contribution is -2.14. The average molecular weight is 332 g/mol. The lowest BCUT2D eigenvalue weighted by molar-refractivity contribution is 0.599. The Labute approximate surface area is 126 Å². The Morgan fingerprint density at radius 2 is 1.95 bits per heavy atom. The second-order valence-corrected chi connectivity index (χ2v) is 6.85. The molecule has 106 valence electrons. The Kier molecular flexibility index (Phi) is 4.57. The topological polar surface area (TPSA) is 46.2 Å². The molecule has 0 radical (unpaired) electrons. The second-order valence-electron chi connectivity index (χ2n) is 3.91. The first-order valence-corrected chi connectivity index (χ1v) is 8.63. The van der Waals surface area contributed by atoms with E-state index >= 15 is 0 Å². The first-order valence-electron chi connectivity index (χ1n) is 5.54. The van der Waals surface area contributed by atoms with Crippen LogP contribution in [0.2, 0.25) is 5.02 Å². The fourth-order valence-electron chi connectivity index (χ4n) is 1.62. The highest BCUT2D eigenvalue weighted by atomic mass is 35.5. The number of anilines is 1. The smallest absolute Gasteiger partial charge is 0.263 e. The minimum absolute atomic E-state index is 0.0711. The van der Waals surface area contributed by atoms with E-state index in [-0.39, 0.29) is 10.6 Å². The third kappa shape index (κ3) is 3.45. The fourth-order valence-corrected chi connectivity index (χ4v) is 4.07. The van der Waals surface area contributed by atoms with Crippen LogP contribution in [-0.4, -0.2) is 14.7 Å². The van der Waals surface area contributed by atoms with Crippen molar-refractivity contribution in [1.82, 2.24) is 0 Å². The highest BCUT2D eigenvalue weighted by Gasteiger charge is 2.19. The Morgan fingerprint density at radius 3 is 2.60 bits per heavy atom. The fraction of sp³-hybridized carbons (Fsp3) is 0.0769. The molecule has 20 heavy (non-hydrogen) atoms. The first-order chi connectivity index (χ1) is 9.42. The van der Waals surface area contributed by atoms with Gasteiger partial charge in [0.2, 0.25) is 0 Å². The van der Waals surface area contributed by atoms with Gasteiger partial charge in [0.05, 0.1) is 5.69 Å². The van der Waals surface area contributed by atoms with Crippen molar-refractivity contribution in [3.63, 3.8) is 0 Å². The summed E-state index contributed by atoms with van der Waals surface area (Å²) in [5.74, 6) is -0.513. The highest BCUT2D eigenvalue weighted by molar-refractivity contribution is 7.99. The molecule has 0 bridgehead atoms. The number of benzene rings is 2. The molecule has 1 N–H and O–H groups in total. The van der Waals surface area contributed by atoms with Gasteiger partial charge in [0.1, 0.15) is 10.7 Å². The van der Waals surface area contributed by atoms with Crippen LogP contribution in [-0.2, 0) is 10.0 Å². The van der Waals surface area contributed by atoms with E-state index in [1.165, 1.54) is 36.0 Å². The molecule has 0 aliphatic rings. The predicted molar refractivity (Wildman–Crippen MR) is 80.4 cm³/mol. The summed E-state index contributed by atoms with van der Waals surface area (Å²) in [5.41, 5.74) is 0.164. The molecule has 0 saturated heterocycles. The molecule has 0 spiro atoms. The molecule has 0 heterocycles. The highest BCUT2D eigenvalue weighted by Crippen LogP contribution is 2.29. The molecule has 3 nitrogen and oxygen atoms in total. The van der Waals surface area contributed by atoms with Crippen LogP contribution in [0.4, 0.5) is 10.1 Å². The molecular weight excluding hydrogens is 321 g/mol. The Morgan fingerprint density at radius 1 is 1.20 bits per heavy atom. The molecule has 0 amide bonds. The minimum Gasteiger partial charge on any atom is -0.279 e. The van der Waals surface area contributed by atoms with Crippen LogP contribution in [0.3, 0.4) is 0 Å². The molecule has 0 atom stereocenters. The standard InChI is InChI=1S/C13H11ClFNO2S2/c1-19-12-6-5-9(14)7-13(12)20(17,18)16-11-4-2-3-10(15)8-11/h2-8,16H,1H3. The van der Waals surface area contributed by atoms with Crippen molar-refractivity contribution >= 4 is 39.1 Å². The molecule has 2 rings (SSSR count). The zero-order chi connectivity index (χ0) is 14.8. The van der Waals surface area contributed by atoms with Crippen molar-refractivity contribution < 1.29 is 12.8 Å². The van der Waals surface area contributed by atoms with Crippen LogP contribution in [0.15, 0.2) is 52.3 Å². The summed E-state index contributed by atoms with van der Waals surface area (Å²) in [4.78, 5) is 0.639. The summed E-state index contributed by atoms with van der Waals surface area (Å²) < 4.78 is 40.1. The van der Waals surface area contributed by atoms with E-state index in [1.54, 1.807) is 18.4 Å². The molecule has 0 aliphatic carbocycles. The number of hydrogen-bond acceptors (Lipinski definition) is 3. The lowest BCUT2D eigenvalue weighted by Gasteiger charge is -2.11. The van der Waals surface area contributed by atoms with E-state index in [0.29, 0.717) is 9.92 Å². The van der Waals surface area contributed by atoms with Crippen LogP contribution < -0.4 is 4.72 Å². The summed E-state index contributed by atoms with van der Waals surface area (Å²) in [7, 11) is -3.82. The van der Waals surface area contributed by atoms with Crippen molar-refractivity contribution in [2.24, 2.45) is 0 Å². The van der Waals surface area contributed by atoms with E-state index < -0.39 is 15.8 Å². The summed E-state index contributed by atoms with van der Waals surface area (Å²) in [6.07, 6.45) is 1.77. The SMILES string of the molecule is CSc1ccc(Cl)cc1S(=O)(=O)Nc1cccc(F)c1. The first kappa shape index (κ1) is 15.2. The van der Waals surface area contributed by atoms with Crippen molar-refractivity contribution in [2.75, 3.05) is 11.0 Å². The summed E-state index contributed by atoms with van der Waals surface area (Å²) in [6.45, 7) is 0. The van der Waals surface area contributed by atoms with Crippen LogP contribution in [0.1, 0.15) is 0 Å². The van der Waals surface area contributed by atoms with Gasteiger partial charge in [-0.3, -0.25) is 4.72 Å². The zero-order valence-corrected chi connectivity index (χ0v) is 12.8. The maximum atomic E-state index is 13.1. The number of hydrogen-bond donors (Lipinski definition) is 1. The van der Waals surface area contributed by atoms with Crippen molar-refractivity contribution in [3.8, 4) is 0 Å². The van der Waals surface area contributed by atoms with E-state index in [0.717, 1.165) is 6.07 Å². The summed E-state index contributed by atoms with van der Waals surface area (Å²) in [5, 5.41) is 0.322. The molecule has 2 aromatic rings. The number of sulfonamides is 1. The molecule has 0 aliphatic heterocycles. The monoisotopic (exact) mass is 331 g/mol. The largest absolute Gasteiger partial charge is 0.279 e. The Balaban J connectivity index is 2.43. The predicted octanol–water partition coefficient (Wildman–Crippen LogP) is 4.00. The summed E-state index contributed by atoms with van der Waals surface area (Å²) in [6, 6.07) is 9.88. The van der Waals surface area contributed by atoms with E-state index in [9.17, 15) is 12.8 Å². The molecule has 0 unspecified atom stereocenters. The second kappa shape index (κ2) is 6.03. The molecule has 0 saturated carbocycles. The van der Waals surface area contributed by atoms with Gasteiger partial charge in [0.25, 0.3) is 10.0 Å². The summed E-state index contributed by atoms with van der Waals surface area (Å²) >= 11 is 7.14. The van der Waals surface area contributed by atoms with Crippen molar-refractivity contribution in [2.45, 2.75) is 9.79 Å². The quantitative estimate of drug-likeness (QED) is 0.861. The van der Waals surface area contributed by atoms with Gasteiger partial charge in [-0.2, -0.15) is 0 Å². The van der Waals surface area contributed by atoms with Crippen LogP contribution in [0.25, 0.3) is 0 Å². The number of thioether (sulfide) groups is 1. The third-order valence-corrected chi connectivity index (χ3v) is 5.07. The molecule has 7 heteroatoms. The van der Waals surface area contributed by atoms with Crippen LogP contribution in [0.5, 0.6) is 0 Å². The number of halogens is 2. The molecular formula is C13H11ClFNO2S2. The Bertz CT molecular complexity index is 735. The van der Waals surface area contributed by atoms with E-state index in [2.05, 4.69) is 4.72 Å². The van der Waals surface area contributed by atoms with Crippen molar-refractivity contribution in [3.05, 3.63) is 53.3 Å². The lowest BCUT2D eigenvalue weighted by atomic mass is 10.3. The van der Waals surface area contributed by atoms with Gasteiger partial charge < -0.3 is 0 Å². The van der Waals surface area contributed by atoms with E-state index in [4.69, 9.17) is 11.6 Å². The molecule has 0 aromatic heterocycles. The van der Waals surface area contributed by atoms with Gasteiger partial charge in [0.15, 0.2) is 0 Å². The Hall–Kier alpha value is -1.24. The van der Waals surface area contributed by atoms with Gasteiger partial charge >= 0.3 is 0 Å². The van der Waals surface area contributed by atoms with E-state index in [1.807, 2.05) is 0 Å². The third-order valence-electron chi connectivity index (χ3n) is 2.49. The molecule has 2 aromatic carbocycles. The van der Waals surface area contributed by atoms with Gasteiger partial charge in [0, 0.05) is 9.92 Å². The van der Waals surface area contributed by atoms with Gasteiger partial charge in [-0.25, -0.2) is 12.8 Å². The maximum absolute atomic E-state index is 13.1. The molecule has 0 fully saturated rings. The average Bonchev–Trinajstić information content (AvgIpc) is 2.38. The zero-order valence-electron chi connectivity index (χ0n) is 10.4. The minimum atomic E-state index is -3.82. The number of nitrogens with one attached hydrogen (secondary N) is 1. The van der Waals surface area contributed by atoms with Crippen LogP contribution >= 0.6 is 23.4 Å². The van der Waals surface area contributed by atoms with Crippen LogP contribution in [0, 0.1) is 5.82 Å². The van der Waals surface area contributed by atoms with Gasteiger partial charge in [-0.15, -0.1) is 11.8 Å². The maximum Gasteiger partial charge on any atom is 0.263 e. The van der Waals surface area contributed by atoms with Crippen molar-refractivity contribution in [1.29, 1.82) is 0 Å². The van der Waals surface area contributed by atoms with Gasteiger partial charge in [-0.1, -0.05) is 17.7 Å². The van der Waals surface area contributed by atoms with Gasteiger partial charge in [-0.05, 0) is 42.7 Å². The normalized spacial score (nSPS) is 11.3.